The summed E-state index contributed by atoms with van der Waals surface area (Å²) in [6.45, 7) is 15.0. The molecule has 0 radical (unpaired) electrons. The maximum absolute atomic E-state index is 9.12. The van der Waals surface area contributed by atoms with Crippen LogP contribution in [0, 0.1) is 0 Å². The molecular weight excluding hydrogens is 274 g/mol. The van der Waals surface area contributed by atoms with E-state index >= 15 is 0 Å². The van der Waals surface area contributed by atoms with E-state index < -0.39 is 0 Å². The zero-order chi connectivity index (χ0) is 17.1. The molecule has 0 aliphatic heterocycles. The van der Waals surface area contributed by atoms with Gasteiger partial charge in [0.2, 0.25) is 0 Å². The summed E-state index contributed by atoms with van der Waals surface area (Å²) in [7, 11) is 0. The van der Waals surface area contributed by atoms with Crippen LogP contribution in [0.25, 0.3) is 0 Å². The van der Waals surface area contributed by atoms with Crippen LogP contribution in [-0.2, 0) is 4.79 Å². The normalized spacial score (nSPS) is 11.3. The maximum atomic E-state index is 9.12. The Hall–Kier alpha value is -0.830. The molecule has 0 aliphatic carbocycles. The first-order valence-corrected chi connectivity index (χ1v) is 9.23. The van der Waals surface area contributed by atoms with E-state index in [4.69, 9.17) is 9.90 Å². The Morgan fingerprint density at radius 3 is 1.18 bits per heavy atom. The maximum Gasteiger partial charge on any atom is 0.141 e. The molecule has 0 saturated heterocycles. The smallest absolute Gasteiger partial charge is 0.141 e. The Kier molecular flexibility index (Phi) is 19.4. The van der Waals surface area contributed by atoms with Crippen LogP contribution >= 0.6 is 0 Å². The van der Waals surface area contributed by atoms with Crippen molar-refractivity contribution >= 4 is 6.29 Å². The van der Waals surface area contributed by atoms with E-state index in [1.165, 1.54) is 82.0 Å². The average molecular weight is 314 g/mol. The highest BCUT2D eigenvalue weighted by molar-refractivity contribution is 5.63. The summed E-state index contributed by atoms with van der Waals surface area (Å²) in [5.74, 6) is 0. The molecular formula is C19H39NO2. The van der Waals surface area contributed by atoms with Crippen LogP contribution in [0.1, 0.15) is 79.1 Å². The van der Waals surface area contributed by atoms with Crippen LogP contribution in [0.15, 0.2) is 12.3 Å². The lowest BCUT2D eigenvalue weighted by Crippen LogP contribution is -2.50. The second-order valence-electron chi connectivity index (χ2n) is 6.11. The Morgan fingerprint density at radius 1 is 0.727 bits per heavy atom. The van der Waals surface area contributed by atoms with Crippen molar-refractivity contribution < 1.29 is 14.4 Å². The molecule has 3 nitrogen and oxygen atoms in total. The Bertz CT molecular complexity index is 214. The van der Waals surface area contributed by atoms with Gasteiger partial charge in [0.1, 0.15) is 6.29 Å². The van der Waals surface area contributed by atoms with E-state index in [2.05, 4.69) is 27.7 Å². The lowest BCUT2D eigenvalue weighted by Gasteiger charge is -2.39. The Balaban J connectivity index is 0. The number of carbonyl (C=O) groups excluding carboxylic acids is 1. The van der Waals surface area contributed by atoms with Crippen molar-refractivity contribution in [3.05, 3.63) is 12.3 Å². The van der Waals surface area contributed by atoms with Gasteiger partial charge in [-0.2, -0.15) is 0 Å². The van der Waals surface area contributed by atoms with Gasteiger partial charge in [-0.1, -0.05) is 53.4 Å². The quantitative estimate of drug-likeness (QED) is 0.223. The van der Waals surface area contributed by atoms with Gasteiger partial charge in [0.25, 0.3) is 0 Å². The first-order chi connectivity index (χ1) is 10.7. The molecule has 0 aromatic heterocycles. The number of allylic oxidation sites excluding steroid dienone is 1. The fourth-order valence-corrected chi connectivity index (χ4v) is 2.68. The van der Waals surface area contributed by atoms with Crippen molar-refractivity contribution in [2.75, 3.05) is 26.2 Å². The van der Waals surface area contributed by atoms with E-state index in [1.54, 1.807) is 0 Å². The number of unbranched alkanes of at least 4 members (excludes halogenated alkanes) is 4. The topological polar surface area (TPSA) is 40.1 Å². The van der Waals surface area contributed by atoms with Crippen LogP contribution < -0.4 is 5.11 Å². The lowest BCUT2D eigenvalue weighted by molar-refractivity contribution is -0.929. The first-order valence-electron chi connectivity index (χ1n) is 9.23. The summed E-state index contributed by atoms with van der Waals surface area (Å²) in [5.41, 5.74) is 0. The number of hydrogen-bond acceptors (Lipinski definition) is 2. The van der Waals surface area contributed by atoms with E-state index in [0.29, 0.717) is 12.5 Å². The van der Waals surface area contributed by atoms with Gasteiger partial charge in [-0.15, -0.1) is 6.26 Å². The minimum atomic E-state index is 0.438. The molecule has 0 aliphatic rings. The SMILES string of the molecule is CCCC[N+](CCCC)(CCCC)CCCC.O=C/C=C/[O-]. The third kappa shape index (κ3) is 14.1. The summed E-state index contributed by atoms with van der Waals surface area (Å²) in [5, 5.41) is 9.12. The summed E-state index contributed by atoms with van der Waals surface area (Å²) >= 11 is 0. The number of quaternary nitrogens is 1. The number of carbonyl (C=O) groups is 1. The molecule has 0 atom stereocenters. The number of hydrogen-bond donors (Lipinski definition) is 0. The molecule has 0 rings (SSSR count). The number of nitrogens with zero attached hydrogens (tertiary/aromatic N) is 1. The molecule has 0 unspecified atom stereocenters. The van der Waals surface area contributed by atoms with Gasteiger partial charge in [-0.3, -0.25) is 4.79 Å². The molecule has 0 saturated carbocycles. The molecule has 0 heterocycles. The monoisotopic (exact) mass is 313 g/mol. The number of rotatable bonds is 13. The van der Waals surface area contributed by atoms with Gasteiger partial charge >= 0.3 is 0 Å². The van der Waals surface area contributed by atoms with Gasteiger partial charge in [0.05, 0.1) is 26.2 Å². The van der Waals surface area contributed by atoms with Crippen molar-refractivity contribution in [3.8, 4) is 0 Å². The van der Waals surface area contributed by atoms with Crippen LogP contribution in [0.2, 0.25) is 0 Å². The molecule has 0 spiro atoms. The molecule has 0 aromatic carbocycles. The van der Waals surface area contributed by atoms with E-state index in [9.17, 15) is 0 Å². The van der Waals surface area contributed by atoms with Crippen LogP contribution in [0.3, 0.4) is 0 Å². The van der Waals surface area contributed by atoms with Crippen molar-refractivity contribution in [3.63, 3.8) is 0 Å². The van der Waals surface area contributed by atoms with Gasteiger partial charge in [0.15, 0.2) is 0 Å². The molecule has 0 amide bonds. The van der Waals surface area contributed by atoms with Crippen molar-refractivity contribution in [1.29, 1.82) is 0 Å². The molecule has 0 aromatic rings. The highest BCUT2D eigenvalue weighted by Crippen LogP contribution is 2.16. The minimum absolute atomic E-state index is 0.438. The third-order valence-electron chi connectivity index (χ3n) is 4.10. The zero-order valence-corrected chi connectivity index (χ0v) is 15.5. The van der Waals surface area contributed by atoms with Gasteiger partial charge < -0.3 is 9.59 Å². The standard InChI is InChI=1S/C16H36N.C3H4O2/c1-5-9-13-17(14-10-6-2,15-11-7-3)16-12-8-4;4-2-1-3-5/h5-16H2,1-4H3;1-4H/q+1;/p-1/b;2-1+. The van der Waals surface area contributed by atoms with Crippen molar-refractivity contribution in [2.45, 2.75) is 79.1 Å². The summed E-state index contributed by atoms with van der Waals surface area (Å²) in [4.78, 5) is 9.12. The van der Waals surface area contributed by atoms with E-state index in [0.717, 1.165) is 6.08 Å². The largest absolute Gasteiger partial charge is 0.878 e. The minimum Gasteiger partial charge on any atom is -0.878 e. The Labute approximate surface area is 139 Å². The van der Waals surface area contributed by atoms with Gasteiger partial charge in [-0.05, 0) is 31.8 Å². The number of aldehydes is 1. The first kappa shape index (κ1) is 23.4. The van der Waals surface area contributed by atoms with Crippen LogP contribution in [0.5, 0.6) is 0 Å². The predicted octanol–water partition coefficient (Wildman–Crippen LogP) is 4.06. The fourth-order valence-electron chi connectivity index (χ4n) is 2.68. The fraction of sp³-hybridized carbons (Fsp3) is 0.842. The molecule has 3 heteroatoms. The van der Waals surface area contributed by atoms with Gasteiger partial charge in [0, 0.05) is 0 Å². The van der Waals surface area contributed by atoms with E-state index in [-0.39, 0.29) is 0 Å². The predicted molar refractivity (Wildman–Crippen MR) is 94.6 cm³/mol. The second kappa shape index (κ2) is 18.2. The molecule has 0 N–H and O–H groups in total. The lowest BCUT2D eigenvalue weighted by atomic mass is 10.1. The summed E-state index contributed by atoms with van der Waals surface area (Å²) in [6.07, 6.45) is 12.8. The van der Waals surface area contributed by atoms with Crippen LogP contribution in [-0.4, -0.2) is 36.9 Å². The summed E-state index contributed by atoms with van der Waals surface area (Å²) in [6, 6.07) is 0. The second-order valence-corrected chi connectivity index (χ2v) is 6.11. The summed E-state index contributed by atoms with van der Waals surface area (Å²) < 4.78 is 1.42. The average Bonchev–Trinajstić information content (AvgIpc) is 2.55. The van der Waals surface area contributed by atoms with Crippen LogP contribution in [0.4, 0.5) is 0 Å². The molecule has 0 bridgehead atoms. The third-order valence-corrected chi connectivity index (χ3v) is 4.10. The zero-order valence-electron chi connectivity index (χ0n) is 15.5. The molecule has 132 valence electrons. The molecule has 0 fully saturated rings. The van der Waals surface area contributed by atoms with E-state index in [1.807, 2.05) is 0 Å². The van der Waals surface area contributed by atoms with Crippen molar-refractivity contribution in [2.24, 2.45) is 0 Å². The Morgan fingerprint density at radius 2 is 1.05 bits per heavy atom. The highest BCUT2D eigenvalue weighted by atomic mass is 16.2. The highest BCUT2D eigenvalue weighted by Gasteiger charge is 2.24. The van der Waals surface area contributed by atoms with Gasteiger partial charge in [-0.25, -0.2) is 0 Å². The molecule has 22 heavy (non-hydrogen) atoms. The van der Waals surface area contributed by atoms with Crippen molar-refractivity contribution in [1.82, 2.24) is 0 Å².